The Morgan fingerprint density at radius 3 is 2.70 bits per heavy atom. The van der Waals surface area contributed by atoms with Gasteiger partial charge in [0.1, 0.15) is 16.9 Å². The zero-order valence-corrected chi connectivity index (χ0v) is 25.4. The number of ether oxygens (including phenoxy) is 2. The van der Waals surface area contributed by atoms with Crippen molar-refractivity contribution in [2.45, 2.75) is 65.3 Å². The minimum Gasteiger partial charge on any atom is -0.494 e. The first-order valence-corrected chi connectivity index (χ1v) is 14.3. The SMILES string of the molecule is CC#CCn1c(N2CCCC(NC(=O)OC(C)(C)C)C2)nc2c1c(=O)n(Cc1ccc(OC)c3ncccc13)c(=O)n2C. The van der Waals surface area contributed by atoms with Gasteiger partial charge < -0.3 is 19.7 Å². The number of piperidine rings is 1. The first kappa shape index (κ1) is 29.7. The van der Waals surface area contributed by atoms with E-state index in [2.05, 4.69) is 22.1 Å². The standard InChI is InChI=1S/C31H37N7O5/c1-7-8-17-37-25-26(34-28(37)36-16-10-11-21(19-36)33-29(40)43-31(2,3)4)35(5)30(41)38(27(25)39)18-20-13-14-23(42-6)24-22(20)12-9-15-32-24/h9,12-15,21H,10-11,16-19H2,1-6H3,(H,33,40). The molecule has 43 heavy (non-hydrogen) atoms. The predicted molar refractivity (Wildman–Crippen MR) is 165 cm³/mol. The van der Waals surface area contributed by atoms with Crippen LogP contribution in [0.1, 0.15) is 46.1 Å². The second-order valence-corrected chi connectivity index (χ2v) is 11.6. The largest absolute Gasteiger partial charge is 0.494 e. The van der Waals surface area contributed by atoms with E-state index in [4.69, 9.17) is 14.5 Å². The number of rotatable bonds is 6. The Labute approximate surface area is 249 Å². The van der Waals surface area contributed by atoms with Crippen molar-refractivity contribution < 1.29 is 14.3 Å². The molecule has 1 aliphatic heterocycles. The number of carbonyl (C=O) groups excluding carboxylic acids is 1. The lowest BCUT2D eigenvalue weighted by Gasteiger charge is -2.34. The number of alkyl carbamates (subject to hydrolysis) is 1. The van der Waals surface area contributed by atoms with Gasteiger partial charge in [-0.15, -0.1) is 5.92 Å². The molecule has 4 heterocycles. The maximum absolute atomic E-state index is 14.1. The topological polar surface area (TPSA) is 126 Å². The molecule has 1 fully saturated rings. The predicted octanol–water partition coefficient (Wildman–Crippen LogP) is 3.02. The van der Waals surface area contributed by atoms with E-state index in [0.717, 1.165) is 23.8 Å². The van der Waals surface area contributed by atoms with E-state index in [-0.39, 0.29) is 30.3 Å². The first-order chi connectivity index (χ1) is 20.5. The summed E-state index contributed by atoms with van der Waals surface area (Å²) < 4.78 is 15.3. The molecular weight excluding hydrogens is 550 g/mol. The van der Waals surface area contributed by atoms with Crippen molar-refractivity contribution in [3.63, 3.8) is 0 Å². The normalized spacial score (nSPS) is 15.3. The molecule has 1 amide bonds. The molecule has 12 nitrogen and oxygen atoms in total. The van der Waals surface area contributed by atoms with Crippen molar-refractivity contribution in [3.05, 3.63) is 56.9 Å². The molecule has 1 saturated heterocycles. The summed E-state index contributed by atoms with van der Waals surface area (Å²) in [6.07, 6.45) is 2.77. The van der Waals surface area contributed by atoms with E-state index in [1.807, 2.05) is 43.9 Å². The van der Waals surface area contributed by atoms with Crippen LogP contribution in [0.15, 0.2) is 40.1 Å². The number of anilines is 1. The highest BCUT2D eigenvalue weighted by molar-refractivity contribution is 5.87. The third-order valence-electron chi connectivity index (χ3n) is 7.42. The molecule has 1 atom stereocenters. The average Bonchev–Trinajstić information content (AvgIpc) is 3.36. The van der Waals surface area contributed by atoms with Gasteiger partial charge >= 0.3 is 11.8 Å². The molecule has 1 aliphatic rings. The summed E-state index contributed by atoms with van der Waals surface area (Å²) in [5.74, 6) is 7.09. The van der Waals surface area contributed by atoms with Gasteiger partial charge in [-0.2, -0.15) is 4.98 Å². The highest BCUT2D eigenvalue weighted by Gasteiger charge is 2.29. The third-order valence-corrected chi connectivity index (χ3v) is 7.42. The van der Waals surface area contributed by atoms with E-state index in [9.17, 15) is 14.4 Å². The Kier molecular flexibility index (Phi) is 8.17. The zero-order valence-electron chi connectivity index (χ0n) is 25.4. The van der Waals surface area contributed by atoms with Crippen molar-refractivity contribution in [3.8, 4) is 17.6 Å². The number of nitrogens with zero attached hydrogens (tertiary/aromatic N) is 6. The molecule has 0 bridgehead atoms. The smallest absolute Gasteiger partial charge is 0.407 e. The van der Waals surface area contributed by atoms with Gasteiger partial charge in [0.05, 0.1) is 20.2 Å². The summed E-state index contributed by atoms with van der Waals surface area (Å²) in [5.41, 5.74) is 0.438. The molecule has 0 spiro atoms. The number of hydrogen-bond acceptors (Lipinski definition) is 8. The number of amides is 1. The Morgan fingerprint density at radius 2 is 1.98 bits per heavy atom. The number of methoxy groups -OCH3 is 1. The number of fused-ring (bicyclic) bond motifs is 2. The lowest BCUT2D eigenvalue weighted by molar-refractivity contribution is 0.0499. The molecule has 0 aliphatic carbocycles. The van der Waals surface area contributed by atoms with Crippen molar-refractivity contribution in [1.82, 2.24) is 29.0 Å². The van der Waals surface area contributed by atoms with Gasteiger partial charge in [0.2, 0.25) is 5.95 Å². The van der Waals surface area contributed by atoms with Crippen molar-refractivity contribution in [1.29, 1.82) is 0 Å². The summed E-state index contributed by atoms with van der Waals surface area (Å²) in [6.45, 7) is 8.59. The molecule has 226 valence electrons. The fraction of sp³-hybridized carbons (Fsp3) is 0.452. The molecule has 1 aromatic carbocycles. The second kappa shape index (κ2) is 11.8. The van der Waals surface area contributed by atoms with Gasteiger partial charge in [-0.05, 0) is 58.2 Å². The quantitative estimate of drug-likeness (QED) is 0.342. The maximum Gasteiger partial charge on any atom is 0.407 e. The van der Waals surface area contributed by atoms with Crippen LogP contribution in [-0.2, 0) is 24.9 Å². The second-order valence-electron chi connectivity index (χ2n) is 11.6. The number of imidazole rings is 1. The zero-order chi connectivity index (χ0) is 30.9. The van der Waals surface area contributed by atoms with E-state index in [1.165, 1.54) is 9.13 Å². The van der Waals surface area contributed by atoms with Gasteiger partial charge in [0, 0.05) is 37.8 Å². The average molecular weight is 588 g/mol. The van der Waals surface area contributed by atoms with Crippen LogP contribution in [0.2, 0.25) is 0 Å². The number of carbonyl (C=O) groups is 1. The molecule has 4 aromatic rings. The van der Waals surface area contributed by atoms with E-state index in [0.29, 0.717) is 30.3 Å². The molecule has 1 unspecified atom stereocenters. The molecule has 12 heteroatoms. The summed E-state index contributed by atoms with van der Waals surface area (Å²) in [7, 11) is 3.19. The van der Waals surface area contributed by atoms with Crippen LogP contribution >= 0.6 is 0 Å². The Bertz CT molecular complexity index is 1870. The lowest BCUT2D eigenvalue weighted by Crippen LogP contribution is -2.49. The number of hydrogen-bond donors (Lipinski definition) is 1. The Balaban J connectivity index is 1.57. The van der Waals surface area contributed by atoms with E-state index < -0.39 is 22.9 Å². The molecule has 0 saturated carbocycles. The van der Waals surface area contributed by atoms with Crippen molar-refractivity contribution in [2.75, 3.05) is 25.1 Å². The fourth-order valence-electron chi connectivity index (χ4n) is 5.48. The molecule has 3 aromatic heterocycles. The highest BCUT2D eigenvalue weighted by Crippen LogP contribution is 2.27. The van der Waals surface area contributed by atoms with Gasteiger partial charge in [-0.1, -0.05) is 18.1 Å². The minimum atomic E-state index is -0.607. The third kappa shape index (κ3) is 5.93. The number of aryl methyl sites for hydroxylation is 1. The van der Waals surface area contributed by atoms with Crippen LogP contribution in [0.3, 0.4) is 0 Å². The monoisotopic (exact) mass is 587 g/mol. The molecule has 1 N–H and O–H groups in total. The van der Waals surface area contributed by atoms with Crippen LogP contribution < -0.4 is 26.2 Å². The number of aromatic nitrogens is 5. The number of nitrogens with one attached hydrogen (secondary N) is 1. The highest BCUT2D eigenvalue weighted by atomic mass is 16.6. The van der Waals surface area contributed by atoms with E-state index in [1.54, 1.807) is 37.9 Å². The molecular formula is C31H37N7O5. The maximum atomic E-state index is 14.1. The fourth-order valence-corrected chi connectivity index (χ4v) is 5.48. The number of pyridine rings is 1. The van der Waals surface area contributed by atoms with Crippen LogP contribution in [0.25, 0.3) is 22.1 Å². The summed E-state index contributed by atoms with van der Waals surface area (Å²) >= 11 is 0. The summed E-state index contributed by atoms with van der Waals surface area (Å²) in [6, 6.07) is 7.16. The lowest BCUT2D eigenvalue weighted by atomic mass is 10.1. The number of benzene rings is 1. The molecule has 5 rings (SSSR count). The van der Waals surface area contributed by atoms with Crippen molar-refractivity contribution >= 4 is 34.1 Å². The molecule has 0 radical (unpaired) electrons. The van der Waals surface area contributed by atoms with Crippen LogP contribution in [0, 0.1) is 11.8 Å². The van der Waals surface area contributed by atoms with Gasteiger partial charge in [0.15, 0.2) is 11.2 Å². The Hall–Kier alpha value is -4.79. The first-order valence-electron chi connectivity index (χ1n) is 14.3. The van der Waals surface area contributed by atoms with E-state index >= 15 is 0 Å². The summed E-state index contributed by atoms with van der Waals surface area (Å²) in [5, 5.41) is 3.75. The Morgan fingerprint density at radius 1 is 1.19 bits per heavy atom. The van der Waals surface area contributed by atoms with Crippen molar-refractivity contribution in [2.24, 2.45) is 7.05 Å². The summed E-state index contributed by atoms with van der Waals surface area (Å²) in [4.78, 5) is 51.4. The van der Waals surface area contributed by atoms with Gasteiger partial charge in [0.25, 0.3) is 5.56 Å². The van der Waals surface area contributed by atoms with Crippen LogP contribution in [0.4, 0.5) is 10.7 Å². The van der Waals surface area contributed by atoms with Gasteiger partial charge in [-0.3, -0.25) is 23.5 Å². The van der Waals surface area contributed by atoms with Crippen LogP contribution in [0.5, 0.6) is 5.75 Å². The van der Waals surface area contributed by atoms with Gasteiger partial charge in [-0.25, -0.2) is 9.59 Å². The minimum absolute atomic E-state index is 0.0409. The van der Waals surface area contributed by atoms with Crippen LogP contribution in [-0.4, -0.2) is 61.6 Å².